The Balaban J connectivity index is 1.50. The van der Waals surface area contributed by atoms with Crippen LogP contribution >= 0.6 is 0 Å². The van der Waals surface area contributed by atoms with Crippen molar-refractivity contribution in [3.05, 3.63) is 84.6 Å². The summed E-state index contributed by atoms with van der Waals surface area (Å²) >= 11 is 0. The van der Waals surface area contributed by atoms with Gasteiger partial charge >= 0.3 is 23.6 Å². The first-order valence-corrected chi connectivity index (χ1v) is 11.6. The predicted octanol–water partition coefficient (Wildman–Crippen LogP) is 3.30. The Hall–Kier alpha value is -4.09. The van der Waals surface area contributed by atoms with Gasteiger partial charge in [-0.1, -0.05) is 17.7 Å². The van der Waals surface area contributed by atoms with Crippen LogP contribution in [0, 0.1) is 11.3 Å². The first kappa shape index (κ1) is 23.3. The Labute approximate surface area is 205 Å². The summed E-state index contributed by atoms with van der Waals surface area (Å²) in [7, 11) is 1.50. The number of carbonyl (C=O) groups is 1. The molecule has 0 radical (unpaired) electrons. The molecule has 3 aliphatic carbocycles. The monoisotopic (exact) mass is 515 g/mol. The van der Waals surface area contributed by atoms with Crippen LogP contribution < -0.4 is 17.0 Å². The number of aryl methyl sites for hydroxylation is 1. The van der Waals surface area contributed by atoms with E-state index in [0.29, 0.717) is 17.5 Å². The molecular weight excluding hydrogens is 495 g/mol. The Morgan fingerprint density at radius 3 is 2.68 bits per heavy atom. The SMILES string of the molecule is Cn1c(=O)oc2cc(-n3cc(C(=O)O)c(=O)n(C4CC45CCC4=C5C=CCC4C(F)(F)F)c3=O)ccc21. The third-order valence-corrected chi connectivity index (χ3v) is 7.95. The number of hydrogen-bond acceptors (Lipinski definition) is 5. The second kappa shape index (κ2) is 7.46. The number of aromatic carboxylic acids is 1. The number of oxazole rings is 1. The first-order valence-electron chi connectivity index (χ1n) is 11.6. The van der Waals surface area contributed by atoms with E-state index >= 15 is 0 Å². The zero-order chi connectivity index (χ0) is 26.4. The summed E-state index contributed by atoms with van der Waals surface area (Å²) in [6.07, 6.45) is 0.278. The van der Waals surface area contributed by atoms with Crippen LogP contribution in [0.3, 0.4) is 0 Å². The van der Waals surface area contributed by atoms with Crippen LogP contribution in [0.5, 0.6) is 0 Å². The molecule has 3 aromatic rings. The molecule has 9 nitrogen and oxygen atoms in total. The molecule has 3 atom stereocenters. The van der Waals surface area contributed by atoms with Gasteiger partial charge in [0, 0.05) is 24.7 Å². The lowest BCUT2D eigenvalue weighted by atomic mass is 9.85. The van der Waals surface area contributed by atoms with E-state index in [1.54, 1.807) is 6.08 Å². The standard InChI is InChI=1S/C25H20F3N3O6/c1-29-17-6-5-12(9-18(17)37-23(29)36)30-11-14(21(33)34)20(32)31(22(30)35)19-10-24(19)8-7-13-15(24)3-2-4-16(13)25(26,27)28/h2-3,5-6,9,11,16,19H,4,7-8,10H2,1H3,(H,33,34). The Bertz CT molecular complexity index is 1750. The molecule has 37 heavy (non-hydrogen) atoms. The number of fused-ring (bicyclic) bond motifs is 2. The minimum absolute atomic E-state index is 0.150. The van der Waals surface area contributed by atoms with Crippen LogP contribution in [0.15, 0.2) is 66.5 Å². The number of alkyl halides is 3. The van der Waals surface area contributed by atoms with Crippen molar-refractivity contribution in [2.24, 2.45) is 18.4 Å². The highest BCUT2D eigenvalue weighted by Gasteiger charge is 2.63. The summed E-state index contributed by atoms with van der Waals surface area (Å²) in [6.45, 7) is 0. The fraction of sp³-hybridized carbons (Fsp3) is 0.360. The Morgan fingerprint density at radius 1 is 1.22 bits per heavy atom. The van der Waals surface area contributed by atoms with Crippen LogP contribution in [-0.4, -0.2) is 31.0 Å². The minimum atomic E-state index is -4.40. The number of rotatable bonds is 3. The maximum absolute atomic E-state index is 13.6. The van der Waals surface area contributed by atoms with Gasteiger partial charge in [0.05, 0.1) is 23.2 Å². The van der Waals surface area contributed by atoms with Gasteiger partial charge in [0.25, 0.3) is 5.56 Å². The van der Waals surface area contributed by atoms with Crippen molar-refractivity contribution >= 4 is 17.1 Å². The van der Waals surface area contributed by atoms with Crippen LogP contribution in [0.2, 0.25) is 0 Å². The van der Waals surface area contributed by atoms with Crippen molar-refractivity contribution in [3.8, 4) is 5.69 Å². The van der Waals surface area contributed by atoms with Gasteiger partial charge in [-0.15, -0.1) is 0 Å². The number of nitrogens with zero attached hydrogens (tertiary/aromatic N) is 3. The van der Waals surface area contributed by atoms with E-state index in [9.17, 15) is 37.5 Å². The fourth-order valence-corrected chi connectivity index (χ4v) is 6.01. The average Bonchev–Trinajstić information content (AvgIpc) is 3.31. The summed E-state index contributed by atoms with van der Waals surface area (Å²) < 4.78 is 49.2. The number of allylic oxidation sites excluding steroid dienone is 4. The molecule has 0 amide bonds. The molecule has 6 rings (SSSR count). The third-order valence-electron chi connectivity index (χ3n) is 7.95. The molecule has 1 spiro atoms. The lowest BCUT2D eigenvalue weighted by Crippen LogP contribution is -2.42. The highest BCUT2D eigenvalue weighted by atomic mass is 19.4. The molecule has 1 saturated carbocycles. The highest BCUT2D eigenvalue weighted by molar-refractivity contribution is 5.87. The van der Waals surface area contributed by atoms with Crippen molar-refractivity contribution in [2.75, 3.05) is 0 Å². The van der Waals surface area contributed by atoms with Gasteiger partial charge < -0.3 is 9.52 Å². The van der Waals surface area contributed by atoms with Crippen LogP contribution in [0.25, 0.3) is 16.8 Å². The van der Waals surface area contributed by atoms with E-state index in [-0.39, 0.29) is 36.1 Å². The van der Waals surface area contributed by atoms with Gasteiger partial charge in [0.15, 0.2) is 5.58 Å². The first-order chi connectivity index (χ1) is 17.4. The normalized spacial score (nSPS) is 24.8. The van der Waals surface area contributed by atoms with Gasteiger partial charge in [-0.3, -0.25) is 18.5 Å². The maximum atomic E-state index is 13.6. The van der Waals surface area contributed by atoms with E-state index < -0.39 is 52.1 Å². The van der Waals surface area contributed by atoms with E-state index in [1.165, 1.54) is 35.9 Å². The van der Waals surface area contributed by atoms with E-state index in [4.69, 9.17) is 4.42 Å². The lowest BCUT2D eigenvalue weighted by Gasteiger charge is -2.25. The molecule has 0 bridgehead atoms. The maximum Gasteiger partial charge on any atom is 0.419 e. The highest BCUT2D eigenvalue weighted by Crippen LogP contribution is 2.69. The van der Waals surface area contributed by atoms with Crippen molar-refractivity contribution in [1.29, 1.82) is 0 Å². The van der Waals surface area contributed by atoms with E-state index in [2.05, 4.69) is 0 Å². The molecule has 1 N–H and O–H groups in total. The van der Waals surface area contributed by atoms with Crippen LogP contribution in [0.4, 0.5) is 13.2 Å². The van der Waals surface area contributed by atoms with Crippen molar-refractivity contribution in [3.63, 3.8) is 0 Å². The molecule has 2 aromatic heterocycles. The van der Waals surface area contributed by atoms with E-state index in [0.717, 1.165) is 15.3 Å². The molecule has 0 saturated heterocycles. The average molecular weight is 515 g/mol. The van der Waals surface area contributed by atoms with Crippen LogP contribution in [0.1, 0.15) is 42.1 Å². The van der Waals surface area contributed by atoms with Gasteiger partial charge in [-0.05, 0) is 43.4 Å². The van der Waals surface area contributed by atoms with Gasteiger partial charge in [-0.25, -0.2) is 14.4 Å². The van der Waals surface area contributed by atoms with Gasteiger partial charge in [0.1, 0.15) is 5.56 Å². The summed E-state index contributed by atoms with van der Waals surface area (Å²) in [5, 5.41) is 9.70. The van der Waals surface area contributed by atoms with Crippen molar-refractivity contribution < 1.29 is 27.5 Å². The zero-order valence-corrected chi connectivity index (χ0v) is 19.4. The van der Waals surface area contributed by atoms with Crippen molar-refractivity contribution in [2.45, 2.75) is 37.9 Å². The largest absolute Gasteiger partial charge is 0.477 e. The second-order valence-electron chi connectivity index (χ2n) is 9.80. The topological polar surface area (TPSA) is 116 Å². The zero-order valence-electron chi connectivity index (χ0n) is 19.4. The third kappa shape index (κ3) is 3.24. The predicted molar refractivity (Wildman–Crippen MR) is 124 cm³/mol. The Kier molecular flexibility index (Phi) is 4.70. The summed E-state index contributed by atoms with van der Waals surface area (Å²) in [5.41, 5.74) is -1.77. The number of halogens is 3. The molecule has 192 valence electrons. The molecule has 1 aromatic carbocycles. The Morgan fingerprint density at radius 2 is 1.97 bits per heavy atom. The molecule has 0 aliphatic heterocycles. The number of carboxylic acid groups (broad SMARTS) is 1. The summed E-state index contributed by atoms with van der Waals surface area (Å²) in [6, 6.07) is 3.61. The van der Waals surface area contributed by atoms with E-state index in [1.807, 2.05) is 0 Å². The van der Waals surface area contributed by atoms with Crippen LogP contribution in [-0.2, 0) is 7.05 Å². The number of benzene rings is 1. The smallest absolute Gasteiger partial charge is 0.419 e. The minimum Gasteiger partial charge on any atom is -0.477 e. The lowest BCUT2D eigenvalue weighted by molar-refractivity contribution is -0.163. The number of carboxylic acids is 1. The molecule has 2 heterocycles. The van der Waals surface area contributed by atoms with Crippen molar-refractivity contribution in [1.82, 2.24) is 13.7 Å². The fourth-order valence-electron chi connectivity index (χ4n) is 6.01. The summed E-state index contributed by atoms with van der Waals surface area (Å²) in [4.78, 5) is 50.6. The molecule has 1 fully saturated rings. The molecule has 3 aliphatic rings. The molecule has 12 heteroatoms. The second-order valence-corrected chi connectivity index (χ2v) is 9.80. The molecule has 3 unspecified atom stereocenters. The van der Waals surface area contributed by atoms with Gasteiger partial charge in [0.2, 0.25) is 0 Å². The quantitative estimate of drug-likeness (QED) is 0.572. The number of hydrogen-bond donors (Lipinski definition) is 1. The molecular formula is C25H20F3N3O6. The number of aromatic nitrogens is 3. The van der Waals surface area contributed by atoms with Gasteiger partial charge in [-0.2, -0.15) is 13.2 Å². The summed E-state index contributed by atoms with van der Waals surface area (Å²) in [5.74, 6) is -3.77.